The molecule has 1 aliphatic rings. The maximum atomic E-state index is 12.8. The molecule has 0 saturated heterocycles. The summed E-state index contributed by atoms with van der Waals surface area (Å²) in [5.74, 6) is 0.661. The normalized spacial score (nSPS) is 14.7. The Bertz CT molecular complexity index is 576. The molecule has 1 aromatic heterocycles. The molecule has 1 fully saturated rings. The molecule has 0 unspecified atom stereocenters. The van der Waals surface area contributed by atoms with E-state index in [1.54, 1.807) is 23.1 Å². The van der Waals surface area contributed by atoms with Gasteiger partial charge in [0.05, 0.1) is 11.4 Å². The number of aryl methyl sites for hydroxylation is 1. The minimum absolute atomic E-state index is 0.187. The van der Waals surface area contributed by atoms with Crippen LogP contribution in [0.3, 0.4) is 0 Å². The Morgan fingerprint density at radius 2 is 2.10 bits per heavy atom. The number of rotatable bonds is 6. The van der Waals surface area contributed by atoms with Gasteiger partial charge in [0.2, 0.25) is 0 Å². The molecule has 1 aromatic carbocycles. The fourth-order valence-electron chi connectivity index (χ4n) is 1.91. The van der Waals surface area contributed by atoms with Crippen molar-refractivity contribution < 1.29 is 4.39 Å². The molecule has 0 spiro atoms. The van der Waals surface area contributed by atoms with Gasteiger partial charge in [0, 0.05) is 22.4 Å². The number of hydrogen-bond acceptors (Lipinski definition) is 4. The fraction of sp³-hybridized carbons (Fsp3) is 0.400. The van der Waals surface area contributed by atoms with Crippen LogP contribution in [0.1, 0.15) is 28.4 Å². The molecule has 0 radical (unpaired) electrons. The van der Waals surface area contributed by atoms with Gasteiger partial charge in [-0.3, -0.25) is 0 Å². The lowest BCUT2D eigenvalue weighted by molar-refractivity contribution is 0.626. The Morgan fingerprint density at radius 3 is 2.80 bits per heavy atom. The van der Waals surface area contributed by atoms with E-state index >= 15 is 0 Å². The summed E-state index contributed by atoms with van der Waals surface area (Å²) in [4.78, 5) is 7.05. The molecule has 3 rings (SSSR count). The Morgan fingerprint density at radius 1 is 1.35 bits per heavy atom. The second-order valence-corrected chi connectivity index (χ2v) is 7.23. The van der Waals surface area contributed by atoms with Crippen molar-refractivity contribution in [2.24, 2.45) is 0 Å². The van der Waals surface area contributed by atoms with Crippen molar-refractivity contribution >= 4 is 23.1 Å². The van der Waals surface area contributed by atoms with Gasteiger partial charge in [-0.05, 0) is 44.0 Å². The number of benzene rings is 1. The molecule has 2 nitrogen and oxygen atoms in total. The quantitative estimate of drug-likeness (QED) is 0.812. The van der Waals surface area contributed by atoms with Crippen LogP contribution in [-0.4, -0.2) is 11.0 Å². The molecule has 0 amide bonds. The lowest BCUT2D eigenvalue weighted by atomic mass is 10.4. The van der Waals surface area contributed by atoms with E-state index in [1.165, 1.54) is 29.9 Å². The third-order valence-electron chi connectivity index (χ3n) is 3.24. The van der Waals surface area contributed by atoms with Crippen LogP contribution in [0.25, 0.3) is 0 Å². The van der Waals surface area contributed by atoms with Crippen molar-refractivity contribution in [2.45, 2.75) is 43.0 Å². The van der Waals surface area contributed by atoms with Crippen LogP contribution in [0.2, 0.25) is 0 Å². The van der Waals surface area contributed by atoms with Crippen LogP contribution in [0, 0.1) is 12.7 Å². The fourth-order valence-corrected chi connectivity index (χ4v) is 3.83. The SMILES string of the molecule is Cc1nc(CSc2ccc(F)cc2)sc1CNC1CC1. The summed E-state index contributed by atoms with van der Waals surface area (Å²) in [6.07, 6.45) is 2.62. The first-order valence-corrected chi connectivity index (χ1v) is 8.58. The lowest BCUT2D eigenvalue weighted by Crippen LogP contribution is -2.14. The number of thiazole rings is 1. The summed E-state index contributed by atoms with van der Waals surface area (Å²) < 4.78 is 12.8. The molecule has 0 atom stereocenters. The van der Waals surface area contributed by atoms with Gasteiger partial charge in [0.25, 0.3) is 0 Å². The van der Waals surface area contributed by atoms with Crippen LogP contribution in [0.5, 0.6) is 0 Å². The van der Waals surface area contributed by atoms with Crippen molar-refractivity contribution in [2.75, 3.05) is 0 Å². The van der Waals surface area contributed by atoms with Gasteiger partial charge in [-0.1, -0.05) is 0 Å². The third kappa shape index (κ3) is 3.81. The summed E-state index contributed by atoms with van der Waals surface area (Å²) in [6, 6.07) is 7.36. The molecule has 2 aromatic rings. The van der Waals surface area contributed by atoms with E-state index in [4.69, 9.17) is 0 Å². The van der Waals surface area contributed by atoms with E-state index in [2.05, 4.69) is 17.2 Å². The number of aromatic nitrogens is 1. The zero-order valence-corrected chi connectivity index (χ0v) is 13.0. The highest BCUT2D eigenvalue weighted by Gasteiger charge is 2.21. The van der Waals surface area contributed by atoms with E-state index in [0.717, 1.165) is 33.9 Å². The number of thioether (sulfide) groups is 1. The van der Waals surface area contributed by atoms with Gasteiger partial charge in [-0.25, -0.2) is 9.37 Å². The molecular weight excluding hydrogens is 291 g/mol. The van der Waals surface area contributed by atoms with Crippen molar-refractivity contribution in [1.82, 2.24) is 10.3 Å². The number of hydrogen-bond donors (Lipinski definition) is 1. The summed E-state index contributed by atoms with van der Waals surface area (Å²) in [7, 11) is 0. The third-order valence-corrected chi connectivity index (χ3v) is 5.60. The summed E-state index contributed by atoms with van der Waals surface area (Å²) in [5.41, 5.74) is 1.14. The number of nitrogens with one attached hydrogen (secondary N) is 1. The van der Waals surface area contributed by atoms with Crippen molar-refractivity contribution in [3.8, 4) is 0 Å². The summed E-state index contributed by atoms with van der Waals surface area (Å²) >= 11 is 3.48. The lowest BCUT2D eigenvalue weighted by Gasteiger charge is -1.99. The van der Waals surface area contributed by atoms with Crippen LogP contribution in [-0.2, 0) is 12.3 Å². The first kappa shape index (κ1) is 14.0. The number of nitrogens with zero attached hydrogens (tertiary/aromatic N) is 1. The van der Waals surface area contributed by atoms with Gasteiger partial charge in [0.1, 0.15) is 10.8 Å². The predicted molar refractivity (Wildman–Crippen MR) is 82.7 cm³/mol. The van der Waals surface area contributed by atoms with E-state index in [9.17, 15) is 4.39 Å². The molecule has 1 aliphatic carbocycles. The minimum Gasteiger partial charge on any atom is -0.309 e. The zero-order valence-electron chi connectivity index (χ0n) is 11.4. The monoisotopic (exact) mass is 308 g/mol. The van der Waals surface area contributed by atoms with Crippen molar-refractivity contribution in [3.05, 3.63) is 45.7 Å². The summed E-state index contributed by atoms with van der Waals surface area (Å²) in [6.45, 7) is 3.02. The van der Waals surface area contributed by atoms with Gasteiger partial charge in [-0.2, -0.15) is 0 Å². The minimum atomic E-state index is -0.187. The second kappa shape index (κ2) is 6.24. The highest BCUT2D eigenvalue weighted by molar-refractivity contribution is 7.98. The predicted octanol–water partition coefficient (Wildman–Crippen LogP) is 4.13. The first-order valence-electron chi connectivity index (χ1n) is 6.77. The van der Waals surface area contributed by atoms with Crippen LogP contribution in [0.15, 0.2) is 29.2 Å². The summed E-state index contributed by atoms with van der Waals surface area (Å²) in [5, 5.41) is 4.67. The van der Waals surface area contributed by atoms with Crippen LogP contribution < -0.4 is 5.32 Å². The smallest absolute Gasteiger partial charge is 0.123 e. The topological polar surface area (TPSA) is 24.9 Å². The molecular formula is C15H17FN2S2. The Kier molecular flexibility index (Phi) is 4.38. The molecule has 20 heavy (non-hydrogen) atoms. The van der Waals surface area contributed by atoms with Crippen molar-refractivity contribution in [1.29, 1.82) is 0 Å². The van der Waals surface area contributed by atoms with Gasteiger partial charge in [-0.15, -0.1) is 23.1 Å². The highest BCUT2D eigenvalue weighted by atomic mass is 32.2. The highest BCUT2D eigenvalue weighted by Crippen LogP contribution is 2.28. The van der Waals surface area contributed by atoms with Gasteiger partial charge >= 0.3 is 0 Å². The van der Waals surface area contributed by atoms with Crippen LogP contribution in [0.4, 0.5) is 4.39 Å². The second-order valence-electron chi connectivity index (χ2n) is 5.01. The standard InChI is InChI=1S/C15H17FN2S2/c1-10-14(8-17-12-4-5-12)20-15(18-10)9-19-13-6-2-11(16)3-7-13/h2-3,6-7,12,17H,4-5,8-9H2,1H3. The Labute approximate surface area is 126 Å². The Hall–Kier alpha value is -0.910. The molecule has 0 bridgehead atoms. The molecule has 1 saturated carbocycles. The zero-order chi connectivity index (χ0) is 13.9. The van der Waals surface area contributed by atoms with Gasteiger partial charge in [0.15, 0.2) is 0 Å². The largest absolute Gasteiger partial charge is 0.309 e. The molecule has 106 valence electrons. The maximum absolute atomic E-state index is 12.8. The van der Waals surface area contributed by atoms with Crippen molar-refractivity contribution in [3.63, 3.8) is 0 Å². The molecule has 5 heteroatoms. The van der Waals surface area contributed by atoms with Crippen LogP contribution >= 0.6 is 23.1 Å². The molecule has 1 heterocycles. The van der Waals surface area contributed by atoms with Gasteiger partial charge < -0.3 is 5.32 Å². The van der Waals surface area contributed by atoms with E-state index in [-0.39, 0.29) is 5.82 Å². The average Bonchev–Trinajstić information content (AvgIpc) is 3.20. The maximum Gasteiger partial charge on any atom is 0.123 e. The average molecular weight is 308 g/mol. The molecule has 1 N–H and O–H groups in total. The number of halogens is 1. The Balaban J connectivity index is 1.56. The van der Waals surface area contributed by atoms with E-state index in [1.807, 2.05) is 12.1 Å². The molecule has 0 aliphatic heterocycles. The first-order chi connectivity index (χ1) is 9.70. The van der Waals surface area contributed by atoms with E-state index < -0.39 is 0 Å². The van der Waals surface area contributed by atoms with E-state index in [0.29, 0.717) is 0 Å².